The topological polar surface area (TPSA) is 47.9 Å². The normalized spacial score (nSPS) is 11.0. The lowest BCUT2D eigenvalue weighted by molar-refractivity contribution is -0.136. The first-order valence-electron chi connectivity index (χ1n) is 3.25. The minimum Gasteiger partial charge on any atom is -0.472 e. The van der Waals surface area contributed by atoms with Gasteiger partial charge >= 0.3 is 11.9 Å². The highest BCUT2D eigenvalue weighted by molar-refractivity contribution is 6.38. The molecule has 0 unspecified atom stereocenters. The number of hydrogen-bond donors (Lipinski definition) is 0. The molecule has 0 aromatic rings. The molecule has 0 fully saturated rings. The number of nitrogens with zero attached hydrogens (tertiary/aromatic N) is 1. The van der Waals surface area contributed by atoms with Crippen molar-refractivity contribution in [3.63, 3.8) is 0 Å². The number of rotatable bonds is 2. The number of carbonyl (C=O) groups is 1. The van der Waals surface area contributed by atoms with E-state index < -0.39 is 5.97 Å². The number of carbonyl (C=O) groups excluding carboxylic acids is 1. The molecular weight excluding hydrogens is 170 g/mol. The van der Waals surface area contributed by atoms with Gasteiger partial charge in [0, 0.05) is 11.8 Å². The van der Waals surface area contributed by atoms with Crippen LogP contribution in [0.4, 0.5) is 0 Å². The lowest BCUT2D eigenvalue weighted by Crippen LogP contribution is -2.19. The smallest absolute Gasteiger partial charge is 0.395 e. The van der Waals surface area contributed by atoms with E-state index in [-0.39, 0.29) is 12.5 Å². The first-order valence-corrected chi connectivity index (χ1v) is 3.58. The molecule has 0 saturated carbocycles. The highest BCUT2D eigenvalue weighted by Crippen LogP contribution is 1.90. The molecule has 0 heterocycles. The minimum atomic E-state index is -0.635. The summed E-state index contributed by atoms with van der Waals surface area (Å²) in [5, 5.41) is 0. The summed E-state index contributed by atoms with van der Waals surface area (Å²) in [6, 6.07) is 0. The van der Waals surface area contributed by atoms with Gasteiger partial charge in [0.2, 0.25) is 0 Å². The van der Waals surface area contributed by atoms with Gasteiger partial charge in [0.05, 0.1) is 13.2 Å². The maximum atomic E-state index is 10.8. The van der Waals surface area contributed by atoms with Crippen LogP contribution >= 0.6 is 11.8 Å². The molecule has 0 N–H and O–H groups in total. The van der Waals surface area contributed by atoms with Crippen LogP contribution in [0.1, 0.15) is 13.8 Å². The summed E-state index contributed by atoms with van der Waals surface area (Å²) in [6.07, 6.45) is 0. The van der Waals surface area contributed by atoms with E-state index in [9.17, 15) is 4.79 Å². The molecule has 0 aliphatic heterocycles. The first kappa shape index (κ1) is 10.2. The number of hydrogen-bond acceptors (Lipinski definition) is 4. The number of halogens is 1. The van der Waals surface area contributed by atoms with Crippen LogP contribution in [0, 0.1) is 0 Å². The fraction of sp³-hybridized carbons (Fsp3) is 0.667. The fourth-order valence-corrected chi connectivity index (χ4v) is 0.565. The average Bonchev–Trinajstić information content (AvgIpc) is 2.00. The van der Waals surface area contributed by atoms with Gasteiger partial charge in [0.15, 0.2) is 0 Å². The van der Waals surface area contributed by atoms with E-state index >= 15 is 0 Å². The second kappa shape index (κ2) is 5.97. The quantitative estimate of drug-likeness (QED) is 0.363. The van der Waals surface area contributed by atoms with E-state index in [1.807, 2.05) is 0 Å². The molecule has 0 bridgehead atoms. The second-order valence-corrected chi connectivity index (χ2v) is 1.71. The number of ether oxygens (including phenoxy) is 2. The Balaban J connectivity index is 3.94. The Morgan fingerprint density at radius 1 is 1.36 bits per heavy atom. The van der Waals surface area contributed by atoms with Crippen molar-refractivity contribution >= 4 is 23.6 Å². The van der Waals surface area contributed by atoms with E-state index in [1.54, 1.807) is 13.8 Å². The largest absolute Gasteiger partial charge is 0.472 e. The van der Waals surface area contributed by atoms with Gasteiger partial charge in [0.25, 0.3) is 0 Å². The summed E-state index contributed by atoms with van der Waals surface area (Å²) in [5.41, 5.74) is 0. The lowest BCUT2D eigenvalue weighted by Gasteiger charge is -2.03. The first-order chi connectivity index (χ1) is 5.26. The Kier molecular flexibility index (Phi) is 5.56. The van der Waals surface area contributed by atoms with Crippen LogP contribution in [0.2, 0.25) is 0 Å². The molecule has 11 heavy (non-hydrogen) atoms. The van der Waals surface area contributed by atoms with Crippen molar-refractivity contribution in [3.05, 3.63) is 0 Å². The van der Waals surface area contributed by atoms with Crippen molar-refractivity contribution in [1.29, 1.82) is 0 Å². The average molecular weight is 180 g/mol. The molecule has 0 saturated heterocycles. The van der Waals surface area contributed by atoms with Crippen molar-refractivity contribution in [2.24, 2.45) is 4.51 Å². The molecule has 0 spiro atoms. The third-order valence-electron chi connectivity index (χ3n) is 0.808. The highest BCUT2D eigenvalue weighted by atomic mass is 35.5. The Morgan fingerprint density at radius 2 is 1.91 bits per heavy atom. The van der Waals surface area contributed by atoms with Crippen molar-refractivity contribution in [2.45, 2.75) is 13.8 Å². The zero-order valence-corrected chi connectivity index (χ0v) is 7.22. The zero-order chi connectivity index (χ0) is 8.69. The molecule has 0 rings (SSSR count). The summed E-state index contributed by atoms with van der Waals surface area (Å²) in [4.78, 5) is 10.8. The summed E-state index contributed by atoms with van der Waals surface area (Å²) in [6.45, 7) is 4.03. The van der Waals surface area contributed by atoms with Crippen molar-refractivity contribution < 1.29 is 14.3 Å². The van der Waals surface area contributed by atoms with E-state index in [1.165, 1.54) is 0 Å². The van der Waals surface area contributed by atoms with Crippen LogP contribution in [-0.4, -0.2) is 25.1 Å². The van der Waals surface area contributed by atoms with Crippen LogP contribution in [0.3, 0.4) is 0 Å². The molecule has 4 nitrogen and oxygen atoms in total. The Labute approximate surface area is 70.3 Å². The van der Waals surface area contributed by atoms with Gasteiger partial charge in [-0.2, -0.15) is 0 Å². The monoisotopic (exact) mass is 179 g/mol. The molecule has 0 aliphatic rings. The second-order valence-electron chi connectivity index (χ2n) is 1.54. The summed E-state index contributed by atoms with van der Waals surface area (Å²) in [5.74, 6) is -0.833. The van der Waals surface area contributed by atoms with E-state index in [0.29, 0.717) is 6.61 Å². The van der Waals surface area contributed by atoms with Gasteiger partial charge in [-0.15, -0.1) is 4.51 Å². The van der Waals surface area contributed by atoms with Crippen LogP contribution < -0.4 is 0 Å². The molecule has 0 amide bonds. The highest BCUT2D eigenvalue weighted by Gasteiger charge is 2.12. The summed E-state index contributed by atoms with van der Waals surface area (Å²) < 4.78 is 12.4. The molecule has 0 radical (unpaired) electrons. The SMILES string of the molecule is CCOC(=O)C(=NCl)OCC. The molecule has 5 heteroatoms. The van der Waals surface area contributed by atoms with Gasteiger partial charge in [0.1, 0.15) is 0 Å². The third-order valence-corrected chi connectivity index (χ3v) is 0.961. The van der Waals surface area contributed by atoms with Gasteiger partial charge in [-0.25, -0.2) is 4.79 Å². The Hall–Kier alpha value is -0.770. The summed E-state index contributed by atoms with van der Waals surface area (Å²) >= 11 is 5.04. The van der Waals surface area contributed by atoms with Crippen molar-refractivity contribution in [1.82, 2.24) is 0 Å². The van der Waals surface area contributed by atoms with Crippen LogP contribution in [0.25, 0.3) is 0 Å². The van der Waals surface area contributed by atoms with Crippen molar-refractivity contribution in [3.8, 4) is 0 Å². The minimum absolute atomic E-state index is 0.198. The Bertz CT molecular complexity index is 158. The maximum Gasteiger partial charge on any atom is 0.395 e. The fourth-order valence-electron chi connectivity index (χ4n) is 0.447. The standard InChI is InChI=1S/C6H10ClNO3/c1-3-10-5(8-7)6(9)11-4-2/h3-4H2,1-2H3. The van der Waals surface area contributed by atoms with Gasteiger partial charge in [-0.3, -0.25) is 0 Å². The van der Waals surface area contributed by atoms with Gasteiger partial charge < -0.3 is 9.47 Å². The van der Waals surface area contributed by atoms with Crippen LogP contribution in [-0.2, 0) is 14.3 Å². The zero-order valence-electron chi connectivity index (χ0n) is 6.46. The van der Waals surface area contributed by atoms with Gasteiger partial charge in [-0.1, -0.05) is 0 Å². The molecule has 0 aromatic heterocycles. The third kappa shape index (κ3) is 3.83. The lowest BCUT2D eigenvalue weighted by atomic mass is 10.6. The van der Waals surface area contributed by atoms with Crippen molar-refractivity contribution in [2.75, 3.05) is 13.2 Å². The maximum absolute atomic E-state index is 10.8. The van der Waals surface area contributed by atoms with E-state index in [0.717, 1.165) is 0 Å². The van der Waals surface area contributed by atoms with Crippen LogP contribution in [0.5, 0.6) is 0 Å². The van der Waals surface area contributed by atoms with Gasteiger partial charge in [-0.05, 0) is 13.8 Å². The molecule has 64 valence electrons. The van der Waals surface area contributed by atoms with E-state index in [2.05, 4.69) is 9.25 Å². The Morgan fingerprint density at radius 3 is 2.27 bits per heavy atom. The predicted octanol–water partition coefficient (Wildman–Crippen LogP) is 1.14. The molecule has 0 aromatic carbocycles. The molecule has 0 atom stereocenters. The summed E-state index contributed by atoms with van der Waals surface area (Å²) in [7, 11) is 0. The van der Waals surface area contributed by atoms with Crippen LogP contribution in [0.15, 0.2) is 4.51 Å². The molecular formula is C6H10ClNO3. The predicted molar refractivity (Wildman–Crippen MR) is 41.5 cm³/mol. The number of esters is 1. The molecule has 0 aliphatic carbocycles. The van der Waals surface area contributed by atoms with E-state index in [4.69, 9.17) is 16.5 Å².